The van der Waals surface area contributed by atoms with Gasteiger partial charge in [-0.05, 0) is 18.4 Å². The molecule has 0 saturated carbocycles. The standard InChI is InChI=1S/C19H26N4O3/c1-13(2)11-14(23-7-9-26-10-8-23)12-20-19(25)17-15-5-3-4-6-16(15)18(24)22-21-17/h3-6,13-14H,7-12H2,1-2H3,(H,20,25)(H,22,24). The van der Waals surface area contributed by atoms with Gasteiger partial charge < -0.3 is 10.1 Å². The van der Waals surface area contributed by atoms with Crippen molar-refractivity contribution in [3.63, 3.8) is 0 Å². The number of benzene rings is 1. The zero-order valence-corrected chi connectivity index (χ0v) is 15.3. The van der Waals surface area contributed by atoms with E-state index < -0.39 is 0 Å². The maximum Gasteiger partial charge on any atom is 0.272 e. The van der Waals surface area contributed by atoms with Gasteiger partial charge in [-0.3, -0.25) is 14.5 Å². The lowest BCUT2D eigenvalue weighted by molar-refractivity contribution is 0.0124. The molecule has 0 aliphatic carbocycles. The molecule has 2 heterocycles. The van der Waals surface area contributed by atoms with Crippen LogP contribution in [0.4, 0.5) is 0 Å². The van der Waals surface area contributed by atoms with Gasteiger partial charge in [0.1, 0.15) is 0 Å². The maximum atomic E-state index is 12.7. The topological polar surface area (TPSA) is 87.3 Å². The number of carbonyl (C=O) groups is 1. The molecule has 1 unspecified atom stereocenters. The van der Waals surface area contributed by atoms with Gasteiger partial charge in [0.2, 0.25) is 0 Å². The van der Waals surface area contributed by atoms with Crippen molar-refractivity contribution in [2.45, 2.75) is 26.3 Å². The highest BCUT2D eigenvalue weighted by Crippen LogP contribution is 2.15. The molecule has 7 heteroatoms. The van der Waals surface area contributed by atoms with Gasteiger partial charge in [0.15, 0.2) is 5.69 Å². The van der Waals surface area contributed by atoms with Crippen LogP contribution in [-0.4, -0.2) is 59.9 Å². The van der Waals surface area contributed by atoms with Crippen LogP contribution in [0.15, 0.2) is 29.1 Å². The number of carbonyl (C=O) groups excluding carboxylic acids is 1. The van der Waals surface area contributed by atoms with Gasteiger partial charge in [0.25, 0.3) is 11.5 Å². The fourth-order valence-electron chi connectivity index (χ4n) is 3.43. The van der Waals surface area contributed by atoms with Crippen molar-refractivity contribution in [2.75, 3.05) is 32.8 Å². The molecule has 1 aliphatic rings. The number of hydrogen-bond donors (Lipinski definition) is 2. The van der Waals surface area contributed by atoms with Crippen LogP contribution >= 0.6 is 0 Å². The minimum absolute atomic E-state index is 0.255. The summed E-state index contributed by atoms with van der Waals surface area (Å²) in [7, 11) is 0. The molecule has 0 radical (unpaired) electrons. The van der Waals surface area contributed by atoms with Crippen molar-refractivity contribution in [3.8, 4) is 0 Å². The van der Waals surface area contributed by atoms with Gasteiger partial charge in [0.05, 0.1) is 18.6 Å². The van der Waals surface area contributed by atoms with Gasteiger partial charge in [-0.1, -0.05) is 32.0 Å². The molecular weight excluding hydrogens is 332 g/mol. The van der Waals surface area contributed by atoms with E-state index in [1.807, 2.05) is 0 Å². The summed E-state index contributed by atoms with van der Waals surface area (Å²) in [5.41, 5.74) is -0.0337. The highest BCUT2D eigenvalue weighted by atomic mass is 16.5. The summed E-state index contributed by atoms with van der Waals surface area (Å²) in [4.78, 5) is 27.0. The molecule has 1 amide bonds. The van der Waals surface area contributed by atoms with Crippen LogP contribution in [0.2, 0.25) is 0 Å². The van der Waals surface area contributed by atoms with Crippen LogP contribution in [0.1, 0.15) is 30.8 Å². The molecule has 7 nitrogen and oxygen atoms in total. The fourth-order valence-corrected chi connectivity index (χ4v) is 3.43. The number of amides is 1. The van der Waals surface area contributed by atoms with Crippen LogP contribution < -0.4 is 10.9 Å². The first kappa shape index (κ1) is 18.5. The number of aromatic nitrogens is 2. The van der Waals surface area contributed by atoms with Crippen LogP contribution in [0.3, 0.4) is 0 Å². The van der Waals surface area contributed by atoms with E-state index in [4.69, 9.17) is 4.74 Å². The molecule has 1 aromatic heterocycles. The summed E-state index contributed by atoms with van der Waals surface area (Å²) < 4.78 is 5.44. The predicted octanol–water partition coefficient (Wildman–Crippen LogP) is 1.40. The average molecular weight is 358 g/mol. The van der Waals surface area contributed by atoms with Crippen molar-refractivity contribution >= 4 is 16.7 Å². The maximum absolute atomic E-state index is 12.7. The highest BCUT2D eigenvalue weighted by molar-refractivity contribution is 6.04. The molecule has 140 valence electrons. The van der Waals surface area contributed by atoms with Crippen LogP contribution in [0.5, 0.6) is 0 Å². The summed E-state index contributed by atoms with van der Waals surface area (Å²) >= 11 is 0. The van der Waals surface area contributed by atoms with Gasteiger partial charge in [0, 0.05) is 31.1 Å². The third kappa shape index (κ3) is 4.28. The average Bonchev–Trinajstić information content (AvgIpc) is 2.66. The lowest BCUT2D eigenvalue weighted by Gasteiger charge is -2.35. The summed E-state index contributed by atoms with van der Waals surface area (Å²) in [6.07, 6.45) is 1.00. The molecule has 1 aliphatic heterocycles. The molecule has 2 aromatic rings. The molecule has 1 aromatic carbocycles. The first-order valence-corrected chi connectivity index (χ1v) is 9.13. The smallest absolute Gasteiger partial charge is 0.272 e. The second-order valence-electron chi connectivity index (χ2n) is 7.09. The van der Waals surface area contributed by atoms with E-state index in [2.05, 4.69) is 34.3 Å². The molecule has 0 spiro atoms. The Kier molecular flexibility index (Phi) is 6.00. The molecule has 2 N–H and O–H groups in total. The van der Waals surface area contributed by atoms with Gasteiger partial charge >= 0.3 is 0 Å². The molecule has 1 atom stereocenters. The SMILES string of the molecule is CC(C)CC(CNC(=O)c1n[nH]c(=O)c2ccccc12)N1CCOCC1. The lowest BCUT2D eigenvalue weighted by Crippen LogP contribution is -2.49. The number of aromatic amines is 1. The van der Waals surface area contributed by atoms with E-state index in [0.717, 1.165) is 32.7 Å². The van der Waals surface area contributed by atoms with E-state index in [1.54, 1.807) is 24.3 Å². The zero-order chi connectivity index (χ0) is 18.5. The van der Waals surface area contributed by atoms with Crippen molar-refractivity contribution < 1.29 is 9.53 Å². The van der Waals surface area contributed by atoms with Crippen LogP contribution in [0.25, 0.3) is 10.8 Å². The molecule has 0 bridgehead atoms. The van der Waals surface area contributed by atoms with Crippen molar-refractivity contribution in [1.29, 1.82) is 0 Å². The first-order valence-electron chi connectivity index (χ1n) is 9.13. The summed E-state index contributed by atoms with van der Waals surface area (Å²) in [6.45, 7) is 8.15. The Labute approximate surface area is 152 Å². The molecule has 1 saturated heterocycles. The second kappa shape index (κ2) is 8.42. The second-order valence-corrected chi connectivity index (χ2v) is 7.09. The van der Waals surface area contributed by atoms with E-state index in [0.29, 0.717) is 23.2 Å². The number of ether oxygens (including phenoxy) is 1. The Morgan fingerprint density at radius 3 is 2.65 bits per heavy atom. The third-order valence-corrected chi connectivity index (χ3v) is 4.71. The number of morpholine rings is 1. The number of rotatable bonds is 6. The normalized spacial score (nSPS) is 16.7. The Bertz CT molecular complexity index is 812. The first-order chi connectivity index (χ1) is 12.6. The predicted molar refractivity (Wildman–Crippen MR) is 100 cm³/mol. The number of hydrogen-bond acceptors (Lipinski definition) is 5. The van der Waals surface area contributed by atoms with Gasteiger partial charge in [-0.25, -0.2) is 5.10 Å². The minimum atomic E-state index is -0.289. The summed E-state index contributed by atoms with van der Waals surface area (Å²) in [5.74, 6) is 0.270. The molecule has 26 heavy (non-hydrogen) atoms. The number of nitrogens with zero attached hydrogens (tertiary/aromatic N) is 2. The largest absolute Gasteiger partial charge is 0.379 e. The van der Waals surface area contributed by atoms with E-state index in [-0.39, 0.29) is 23.2 Å². The Hall–Kier alpha value is -2.25. The molecule has 3 rings (SSSR count). The van der Waals surface area contributed by atoms with Crippen LogP contribution in [0, 0.1) is 5.92 Å². The van der Waals surface area contributed by atoms with Gasteiger partial charge in [-0.15, -0.1) is 0 Å². The zero-order valence-electron chi connectivity index (χ0n) is 15.3. The number of fused-ring (bicyclic) bond motifs is 1. The lowest BCUT2D eigenvalue weighted by atomic mass is 10.0. The highest BCUT2D eigenvalue weighted by Gasteiger charge is 2.23. The Morgan fingerprint density at radius 2 is 1.96 bits per heavy atom. The summed E-state index contributed by atoms with van der Waals surface area (Å²) in [5, 5.41) is 10.4. The molecular formula is C19H26N4O3. The Morgan fingerprint density at radius 1 is 1.27 bits per heavy atom. The van der Waals surface area contributed by atoms with Crippen molar-refractivity contribution in [3.05, 3.63) is 40.3 Å². The third-order valence-electron chi connectivity index (χ3n) is 4.71. The monoisotopic (exact) mass is 358 g/mol. The number of nitrogens with one attached hydrogen (secondary N) is 2. The molecule has 1 fully saturated rings. The minimum Gasteiger partial charge on any atom is -0.379 e. The van der Waals surface area contributed by atoms with Crippen LogP contribution in [-0.2, 0) is 4.74 Å². The summed E-state index contributed by atoms with van der Waals surface area (Å²) in [6, 6.07) is 7.28. The van der Waals surface area contributed by atoms with Gasteiger partial charge in [-0.2, -0.15) is 5.10 Å². The van der Waals surface area contributed by atoms with Crippen molar-refractivity contribution in [1.82, 2.24) is 20.4 Å². The van der Waals surface area contributed by atoms with E-state index in [1.165, 1.54) is 0 Å². The van der Waals surface area contributed by atoms with E-state index in [9.17, 15) is 9.59 Å². The fraction of sp³-hybridized carbons (Fsp3) is 0.526. The van der Waals surface area contributed by atoms with E-state index >= 15 is 0 Å². The van der Waals surface area contributed by atoms with Crippen molar-refractivity contribution in [2.24, 2.45) is 5.92 Å². The Balaban J connectivity index is 1.74. The quantitative estimate of drug-likeness (QED) is 0.815. The number of H-pyrrole nitrogens is 1.